The molecule has 0 spiro atoms. The number of rotatable bonds is 10. The Kier molecular flexibility index (Phi) is 10.3. The molecule has 2 atom stereocenters. The lowest BCUT2D eigenvalue weighted by Crippen LogP contribution is -2.52. The topological polar surface area (TPSA) is 131 Å². The van der Waals surface area contributed by atoms with Crippen molar-refractivity contribution in [2.75, 3.05) is 0 Å². The SMILES string of the molecule is C#CN(C(=O)C(CC(N)=O)NC(=O)OC(C)(C)C)C(C(=O)NCc1ccccc1)c1ccc(CC)cc1. The van der Waals surface area contributed by atoms with Crippen molar-refractivity contribution in [1.29, 1.82) is 0 Å². The highest BCUT2D eigenvalue weighted by Gasteiger charge is 2.36. The van der Waals surface area contributed by atoms with E-state index in [1.165, 1.54) is 0 Å². The van der Waals surface area contributed by atoms with Crippen LogP contribution in [0.2, 0.25) is 0 Å². The normalized spacial score (nSPS) is 12.4. The predicted molar refractivity (Wildman–Crippen MR) is 139 cm³/mol. The Morgan fingerprint density at radius 3 is 2.16 bits per heavy atom. The molecule has 0 aliphatic carbocycles. The van der Waals surface area contributed by atoms with Crippen LogP contribution in [0.3, 0.4) is 0 Å². The first-order valence-electron chi connectivity index (χ1n) is 11.9. The summed E-state index contributed by atoms with van der Waals surface area (Å²) in [6.45, 7) is 7.15. The molecule has 0 fully saturated rings. The van der Waals surface area contributed by atoms with Crippen molar-refractivity contribution in [2.45, 2.75) is 64.8 Å². The molecule has 37 heavy (non-hydrogen) atoms. The summed E-state index contributed by atoms with van der Waals surface area (Å²) in [5.41, 5.74) is 6.83. The zero-order chi connectivity index (χ0) is 27.6. The Balaban J connectivity index is 2.40. The molecular formula is C28H34N4O5. The third-order valence-electron chi connectivity index (χ3n) is 5.29. The number of primary amides is 1. The highest BCUT2D eigenvalue weighted by atomic mass is 16.6. The molecule has 0 aliphatic rings. The molecule has 0 aliphatic heterocycles. The summed E-state index contributed by atoms with van der Waals surface area (Å²) in [4.78, 5) is 52.0. The molecule has 0 aromatic heterocycles. The van der Waals surface area contributed by atoms with Crippen molar-refractivity contribution in [3.05, 3.63) is 71.3 Å². The lowest BCUT2D eigenvalue weighted by Gasteiger charge is -2.30. The van der Waals surface area contributed by atoms with Crippen molar-refractivity contribution in [3.8, 4) is 12.5 Å². The molecule has 2 aromatic carbocycles. The Morgan fingerprint density at radius 2 is 1.65 bits per heavy atom. The van der Waals surface area contributed by atoms with Crippen molar-refractivity contribution in [3.63, 3.8) is 0 Å². The molecular weight excluding hydrogens is 472 g/mol. The number of nitrogens with one attached hydrogen (secondary N) is 2. The van der Waals surface area contributed by atoms with E-state index in [0.29, 0.717) is 5.56 Å². The van der Waals surface area contributed by atoms with E-state index in [0.717, 1.165) is 22.4 Å². The smallest absolute Gasteiger partial charge is 0.408 e. The Labute approximate surface area is 217 Å². The number of benzene rings is 2. The number of terminal acetylenes is 1. The fourth-order valence-electron chi connectivity index (χ4n) is 3.52. The van der Waals surface area contributed by atoms with Gasteiger partial charge in [-0.05, 0) is 43.9 Å². The van der Waals surface area contributed by atoms with Crippen LogP contribution in [0.5, 0.6) is 0 Å². The second-order valence-electron chi connectivity index (χ2n) is 9.41. The van der Waals surface area contributed by atoms with Crippen LogP contribution in [0.1, 0.15) is 56.8 Å². The van der Waals surface area contributed by atoms with Gasteiger partial charge in [-0.1, -0.05) is 67.9 Å². The number of ether oxygens (including phenoxy) is 1. The van der Waals surface area contributed by atoms with E-state index in [4.69, 9.17) is 16.9 Å². The summed E-state index contributed by atoms with van der Waals surface area (Å²) in [6.07, 6.45) is 5.04. The Bertz CT molecular complexity index is 1130. The quantitative estimate of drug-likeness (QED) is 0.337. The summed E-state index contributed by atoms with van der Waals surface area (Å²) in [7, 11) is 0. The molecule has 196 valence electrons. The number of nitrogens with zero attached hydrogens (tertiary/aromatic N) is 1. The maximum Gasteiger partial charge on any atom is 0.408 e. The maximum absolute atomic E-state index is 13.6. The molecule has 2 unspecified atom stereocenters. The monoisotopic (exact) mass is 506 g/mol. The van der Waals surface area contributed by atoms with Crippen molar-refractivity contribution in [2.24, 2.45) is 5.73 Å². The summed E-state index contributed by atoms with van der Waals surface area (Å²) < 4.78 is 5.22. The van der Waals surface area contributed by atoms with E-state index in [1.54, 1.807) is 32.9 Å². The standard InChI is InChI=1S/C28H34N4O5/c1-6-19-13-15-21(16-14-19)24(25(34)30-18-20-11-9-8-10-12-20)32(7-2)26(35)22(17-23(29)33)31-27(36)37-28(3,4)5/h2,8-16,22,24H,6,17-18H2,1,3-5H3,(H2,29,33)(H,30,34)(H,31,36). The van der Waals surface area contributed by atoms with Crippen LogP contribution in [0.25, 0.3) is 0 Å². The minimum absolute atomic E-state index is 0.205. The molecule has 0 radical (unpaired) electrons. The van der Waals surface area contributed by atoms with Gasteiger partial charge in [0.2, 0.25) is 11.8 Å². The van der Waals surface area contributed by atoms with E-state index in [9.17, 15) is 19.2 Å². The summed E-state index contributed by atoms with van der Waals surface area (Å²) >= 11 is 0. The van der Waals surface area contributed by atoms with Crippen LogP contribution in [0.15, 0.2) is 54.6 Å². The molecule has 0 saturated heterocycles. The van der Waals surface area contributed by atoms with Gasteiger partial charge in [-0.25, -0.2) is 4.79 Å². The molecule has 2 rings (SSSR count). The molecule has 9 heteroatoms. The number of alkyl carbamates (subject to hydrolysis) is 1. The van der Waals surface area contributed by atoms with Crippen LogP contribution in [-0.4, -0.2) is 40.4 Å². The maximum atomic E-state index is 13.6. The molecule has 9 nitrogen and oxygen atoms in total. The Hall–Kier alpha value is -4.32. The van der Waals surface area contributed by atoms with E-state index >= 15 is 0 Å². The van der Waals surface area contributed by atoms with Gasteiger partial charge >= 0.3 is 6.09 Å². The minimum Gasteiger partial charge on any atom is -0.444 e. The zero-order valence-corrected chi connectivity index (χ0v) is 21.6. The average Bonchev–Trinajstić information content (AvgIpc) is 2.84. The summed E-state index contributed by atoms with van der Waals surface area (Å²) in [5.74, 6) is -2.23. The zero-order valence-electron chi connectivity index (χ0n) is 21.6. The van der Waals surface area contributed by atoms with E-state index < -0.39 is 47.9 Å². The van der Waals surface area contributed by atoms with E-state index in [1.807, 2.05) is 49.4 Å². The lowest BCUT2D eigenvalue weighted by atomic mass is 10.0. The molecule has 0 bridgehead atoms. The van der Waals surface area contributed by atoms with Gasteiger partial charge in [0.25, 0.3) is 5.91 Å². The van der Waals surface area contributed by atoms with Crippen molar-refractivity contribution >= 4 is 23.8 Å². The largest absolute Gasteiger partial charge is 0.444 e. The van der Waals surface area contributed by atoms with E-state index in [2.05, 4.69) is 16.7 Å². The molecule has 0 saturated carbocycles. The van der Waals surface area contributed by atoms with Crippen molar-refractivity contribution in [1.82, 2.24) is 15.5 Å². The average molecular weight is 507 g/mol. The van der Waals surface area contributed by atoms with Gasteiger partial charge in [0.1, 0.15) is 17.7 Å². The number of carbonyl (C=O) groups excluding carboxylic acids is 4. The Morgan fingerprint density at radius 1 is 1.03 bits per heavy atom. The first-order chi connectivity index (χ1) is 17.4. The summed E-state index contributed by atoms with van der Waals surface area (Å²) in [6, 6.07) is 15.9. The second-order valence-corrected chi connectivity index (χ2v) is 9.41. The molecule has 2 aromatic rings. The molecule has 0 heterocycles. The van der Waals surface area contributed by atoms with Gasteiger partial charge in [-0.3, -0.25) is 19.3 Å². The second kappa shape index (κ2) is 13.1. The number of carbonyl (C=O) groups is 4. The van der Waals surface area contributed by atoms with Crippen molar-refractivity contribution < 1.29 is 23.9 Å². The van der Waals surface area contributed by atoms with Crippen LogP contribution < -0.4 is 16.4 Å². The van der Waals surface area contributed by atoms with Gasteiger partial charge in [-0.2, -0.15) is 0 Å². The predicted octanol–water partition coefficient (Wildman–Crippen LogP) is 2.79. The van der Waals surface area contributed by atoms with Gasteiger partial charge in [-0.15, -0.1) is 0 Å². The molecule has 4 N–H and O–H groups in total. The fraction of sp³-hybridized carbons (Fsp3) is 0.357. The number of hydrogen-bond donors (Lipinski definition) is 3. The number of nitrogens with two attached hydrogens (primary N) is 1. The first kappa shape index (κ1) is 28.9. The highest BCUT2D eigenvalue weighted by Crippen LogP contribution is 2.23. The van der Waals surface area contributed by atoms with Crippen LogP contribution in [-0.2, 0) is 32.1 Å². The third-order valence-corrected chi connectivity index (χ3v) is 5.29. The van der Waals surface area contributed by atoms with Crippen LogP contribution >= 0.6 is 0 Å². The number of aryl methyl sites for hydroxylation is 1. The summed E-state index contributed by atoms with van der Waals surface area (Å²) in [5, 5.41) is 5.18. The molecule has 4 amide bonds. The third kappa shape index (κ3) is 9.00. The van der Waals surface area contributed by atoms with Crippen LogP contribution in [0.4, 0.5) is 4.79 Å². The number of hydrogen-bond acceptors (Lipinski definition) is 5. The minimum atomic E-state index is -1.44. The van der Waals surface area contributed by atoms with Gasteiger partial charge in [0.15, 0.2) is 0 Å². The highest BCUT2D eigenvalue weighted by molar-refractivity contribution is 5.95. The van der Waals surface area contributed by atoms with Gasteiger partial charge in [0.05, 0.1) is 6.42 Å². The lowest BCUT2D eigenvalue weighted by molar-refractivity contribution is -0.139. The van der Waals surface area contributed by atoms with E-state index in [-0.39, 0.29) is 6.54 Å². The van der Waals surface area contributed by atoms with Gasteiger partial charge < -0.3 is 21.1 Å². The number of amides is 4. The fourth-order valence-corrected chi connectivity index (χ4v) is 3.52. The van der Waals surface area contributed by atoms with Crippen LogP contribution in [0, 0.1) is 12.5 Å². The van der Waals surface area contributed by atoms with Gasteiger partial charge in [0, 0.05) is 12.6 Å². The first-order valence-corrected chi connectivity index (χ1v) is 11.9.